The fraction of sp³-hybridized carbons (Fsp3) is 0.385. The number of benzene rings is 1. The molecule has 0 spiro atoms. The van der Waals surface area contributed by atoms with Crippen molar-refractivity contribution in [2.75, 3.05) is 25.1 Å². The summed E-state index contributed by atoms with van der Waals surface area (Å²) in [6.45, 7) is 1.95. The van der Waals surface area contributed by atoms with Gasteiger partial charge in [-0.1, -0.05) is 0 Å². The zero-order valence-corrected chi connectivity index (χ0v) is 12.3. The van der Waals surface area contributed by atoms with Gasteiger partial charge in [0.15, 0.2) is 0 Å². The number of hydrogen-bond acceptors (Lipinski definition) is 3. The van der Waals surface area contributed by atoms with E-state index in [-0.39, 0.29) is 11.6 Å². The molecule has 1 aromatic rings. The minimum absolute atomic E-state index is 0.118. The van der Waals surface area contributed by atoms with Gasteiger partial charge < -0.3 is 20.5 Å². The zero-order valence-electron chi connectivity index (χ0n) is 10.7. The highest BCUT2D eigenvalue weighted by Gasteiger charge is 2.16. The Hall–Kier alpha value is -1.60. The number of ether oxygens (including phenoxy) is 1. The smallest absolute Gasteiger partial charge is 0.335 e. The van der Waals surface area contributed by atoms with Crippen LogP contribution in [0.1, 0.15) is 16.8 Å². The van der Waals surface area contributed by atoms with Gasteiger partial charge in [0, 0.05) is 23.5 Å². The topological polar surface area (TPSA) is 87.7 Å². The molecule has 2 rings (SSSR count). The van der Waals surface area contributed by atoms with E-state index in [1.54, 1.807) is 6.07 Å². The Bertz CT molecular complexity index is 515. The van der Waals surface area contributed by atoms with Gasteiger partial charge in [0.05, 0.1) is 17.9 Å². The average Bonchev–Trinajstić information content (AvgIpc) is 2.92. The molecule has 20 heavy (non-hydrogen) atoms. The summed E-state index contributed by atoms with van der Waals surface area (Å²) < 4.78 is 5.85. The van der Waals surface area contributed by atoms with E-state index >= 15 is 0 Å². The van der Waals surface area contributed by atoms with Crippen LogP contribution >= 0.6 is 15.9 Å². The van der Waals surface area contributed by atoms with Crippen LogP contribution in [0.4, 0.5) is 10.5 Å². The highest BCUT2D eigenvalue weighted by Crippen LogP contribution is 2.23. The molecule has 0 bridgehead atoms. The van der Waals surface area contributed by atoms with E-state index in [0.717, 1.165) is 13.0 Å². The highest BCUT2D eigenvalue weighted by atomic mass is 79.9. The number of carbonyl (C=O) groups excluding carboxylic acids is 1. The molecule has 1 atom stereocenters. The molecule has 1 unspecified atom stereocenters. The monoisotopic (exact) mass is 342 g/mol. The lowest BCUT2D eigenvalue weighted by atomic mass is 10.1. The second kappa shape index (κ2) is 6.71. The lowest BCUT2D eigenvalue weighted by molar-refractivity contribution is 0.0697. The van der Waals surface area contributed by atoms with Crippen LogP contribution in [0.15, 0.2) is 22.7 Å². The Balaban J connectivity index is 1.92. The summed E-state index contributed by atoms with van der Waals surface area (Å²) in [5.41, 5.74) is 0.540. The van der Waals surface area contributed by atoms with E-state index in [9.17, 15) is 9.59 Å². The second-order valence-electron chi connectivity index (χ2n) is 4.56. The van der Waals surface area contributed by atoms with E-state index in [1.165, 1.54) is 12.1 Å². The van der Waals surface area contributed by atoms with E-state index in [4.69, 9.17) is 9.84 Å². The number of hydrogen-bond donors (Lipinski definition) is 3. The second-order valence-corrected chi connectivity index (χ2v) is 5.42. The molecular formula is C13H15BrN2O4. The molecule has 2 amide bonds. The van der Waals surface area contributed by atoms with Crippen LogP contribution in [0.2, 0.25) is 0 Å². The predicted octanol–water partition coefficient (Wildman–Crippen LogP) is 2.31. The number of amides is 2. The molecule has 0 aliphatic carbocycles. The van der Waals surface area contributed by atoms with Crippen molar-refractivity contribution < 1.29 is 19.4 Å². The Morgan fingerprint density at radius 2 is 2.25 bits per heavy atom. The van der Waals surface area contributed by atoms with Gasteiger partial charge in [-0.15, -0.1) is 0 Å². The highest BCUT2D eigenvalue weighted by molar-refractivity contribution is 9.10. The molecule has 0 radical (unpaired) electrons. The van der Waals surface area contributed by atoms with Crippen LogP contribution < -0.4 is 10.6 Å². The van der Waals surface area contributed by atoms with Crippen molar-refractivity contribution in [1.29, 1.82) is 0 Å². The van der Waals surface area contributed by atoms with Crippen LogP contribution in [0, 0.1) is 5.92 Å². The van der Waals surface area contributed by atoms with E-state index in [0.29, 0.717) is 29.2 Å². The number of carboxylic acid groups (broad SMARTS) is 1. The van der Waals surface area contributed by atoms with Gasteiger partial charge in [-0.3, -0.25) is 0 Å². The number of carboxylic acids is 1. The average molecular weight is 343 g/mol. The first-order valence-corrected chi connectivity index (χ1v) is 7.01. The minimum atomic E-state index is -1.04. The summed E-state index contributed by atoms with van der Waals surface area (Å²) in [4.78, 5) is 22.7. The molecule has 6 nitrogen and oxygen atoms in total. The molecule has 3 N–H and O–H groups in total. The first-order valence-electron chi connectivity index (χ1n) is 6.21. The van der Waals surface area contributed by atoms with Crippen molar-refractivity contribution >= 4 is 33.6 Å². The van der Waals surface area contributed by atoms with Crippen LogP contribution in [0.3, 0.4) is 0 Å². The number of aromatic carboxylic acids is 1. The number of urea groups is 1. The van der Waals surface area contributed by atoms with Gasteiger partial charge in [0.1, 0.15) is 0 Å². The predicted molar refractivity (Wildman–Crippen MR) is 77.0 cm³/mol. The molecule has 1 aromatic carbocycles. The van der Waals surface area contributed by atoms with Crippen LogP contribution in [-0.2, 0) is 4.74 Å². The fourth-order valence-corrected chi connectivity index (χ4v) is 2.25. The summed E-state index contributed by atoms with van der Waals surface area (Å²) in [7, 11) is 0. The van der Waals surface area contributed by atoms with Gasteiger partial charge >= 0.3 is 12.0 Å². The third-order valence-corrected chi connectivity index (χ3v) is 3.73. The molecule has 1 fully saturated rings. The van der Waals surface area contributed by atoms with Crippen molar-refractivity contribution in [3.05, 3.63) is 28.2 Å². The number of halogens is 1. The van der Waals surface area contributed by atoms with Gasteiger partial charge in [-0.2, -0.15) is 0 Å². The van der Waals surface area contributed by atoms with Crippen LogP contribution in [0.5, 0.6) is 0 Å². The van der Waals surface area contributed by atoms with Crippen LogP contribution in [-0.4, -0.2) is 36.9 Å². The third-order valence-electron chi connectivity index (χ3n) is 3.04. The fourth-order valence-electron chi connectivity index (χ4n) is 1.90. The Labute approximate surface area is 124 Å². The molecule has 1 saturated heterocycles. The van der Waals surface area contributed by atoms with Crippen molar-refractivity contribution in [2.45, 2.75) is 6.42 Å². The normalized spacial score (nSPS) is 17.8. The van der Waals surface area contributed by atoms with E-state index in [2.05, 4.69) is 26.6 Å². The molecule has 1 aliphatic rings. The first kappa shape index (κ1) is 14.8. The minimum Gasteiger partial charge on any atom is -0.478 e. The molecule has 0 aromatic heterocycles. The summed E-state index contributed by atoms with van der Waals surface area (Å²) in [6.07, 6.45) is 0.943. The Morgan fingerprint density at radius 3 is 2.90 bits per heavy atom. The SMILES string of the molecule is O=C(NCC1CCOC1)Nc1cc(C(=O)O)ccc1Br. The molecule has 1 aliphatic heterocycles. The lowest BCUT2D eigenvalue weighted by Crippen LogP contribution is -2.33. The largest absolute Gasteiger partial charge is 0.478 e. The number of anilines is 1. The quantitative estimate of drug-likeness (QED) is 0.783. The van der Waals surface area contributed by atoms with Gasteiger partial charge in [0.25, 0.3) is 0 Å². The summed E-state index contributed by atoms with van der Waals surface area (Å²) in [5.74, 6) is -0.696. The number of carbonyl (C=O) groups is 2. The number of nitrogens with one attached hydrogen (secondary N) is 2. The van der Waals surface area contributed by atoms with Crippen molar-refractivity contribution in [2.24, 2.45) is 5.92 Å². The van der Waals surface area contributed by atoms with E-state index < -0.39 is 5.97 Å². The van der Waals surface area contributed by atoms with Gasteiger partial charge in [-0.25, -0.2) is 9.59 Å². The Kier molecular flexibility index (Phi) is 4.97. The molecular weight excluding hydrogens is 328 g/mol. The lowest BCUT2D eigenvalue weighted by Gasteiger charge is -2.12. The van der Waals surface area contributed by atoms with Gasteiger partial charge in [-0.05, 0) is 40.5 Å². The maximum absolute atomic E-state index is 11.8. The summed E-state index contributed by atoms with van der Waals surface area (Å²) in [6, 6.07) is 4.10. The van der Waals surface area contributed by atoms with Crippen molar-refractivity contribution in [3.8, 4) is 0 Å². The number of rotatable bonds is 4. The summed E-state index contributed by atoms with van der Waals surface area (Å²) >= 11 is 3.27. The zero-order chi connectivity index (χ0) is 14.5. The van der Waals surface area contributed by atoms with Crippen molar-refractivity contribution in [3.63, 3.8) is 0 Å². The molecule has 7 heteroatoms. The standard InChI is InChI=1S/C13H15BrN2O4/c14-10-2-1-9(12(17)18)5-11(10)16-13(19)15-6-8-3-4-20-7-8/h1-2,5,8H,3-4,6-7H2,(H,17,18)(H2,15,16,19). The van der Waals surface area contributed by atoms with Crippen LogP contribution in [0.25, 0.3) is 0 Å². The van der Waals surface area contributed by atoms with E-state index in [1.807, 2.05) is 0 Å². The maximum Gasteiger partial charge on any atom is 0.335 e. The molecule has 0 saturated carbocycles. The maximum atomic E-state index is 11.8. The molecule has 1 heterocycles. The third kappa shape index (κ3) is 3.94. The first-order chi connectivity index (χ1) is 9.56. The Morgan fingerprint density at radius 1 is 1.45 bits per heavy atom. The molecule has 108 valence electrons. The van der Waals surface area contributed by atoms with Gasteiger partial charge in [0.2, 0.25) is 0 Å². The summed E-state index contributed by atoms with van der Waals surface area (Å²) in [5, 5.41) is 14.3. The van der Waals surface area contributed by atoms with Crippen molar-refractivity contribution in [1.82, 2.24) is 5.32 Å².